The average molecular weight is 533 g/mol. The van der Waals surface area contributed by atoms with Gasteiger partial charge in [-0.25, -0.2) is 0 Å². The standard InChI is InChI=1S/C16H10F15NO2/c17-10(18,9(34)32-6-8(33)7-4-2-1-3-5-7)11(19,20)12(21,22)13(23,24)14(25,26)15(27,28)16(29,30)31/h1-5,8,33H,6H2,(H,32,34)/t8-/m1/s1. The third-order valence-corrected chi connectivity index (χ3v) is 4.25. The number of amides is 1. The van der Waals surface area contributed by atoms with Crippen LogP contribution in [0.3, 0.4) is 0 Å². The summed E-state index contributed by atoms with van der Waals surface area (Å²) in [7, 11) is 0. The fourth-order valence-electron chi connectivity index (χ4n) is 2.20. The minimum absolute atomic E-state index is 0.177. The van der Waals surface area contributed by atoms with Crippen molar-refractivity contribution < 1.29 is 75.8 Å². The fraction of sp³-hybridized carbons (Fsp3) is 0.562. The van der Waals surface area contributed by atoms with E-state index in [0.717, 1.165) is 17.4 Å². The van der Waals surface area contributed by atoms with E-state index in [4.69, 9.17) is 0 Å². The monoisotopic (exact) mass is 533 g/mol. The van der Waals surface area contributed by atoms with Crippen LogP contribution in [-0.4, -0.2) is 59.3 Å². The van der Waals surface area contributed by atoms with Crippen LogP contribution in [0.2, 0.25) is 0 Å². The highest BCUT2D eigenvalue weighted by Gasteiger charge is 2.94. The van der Waals surface area contributed by atoms with E-state index < -0.39 is 60.3 Å². The summed E-state index contributed by atoms with van der Waals surface area (Å²) in [4.78, 5) is 11.3. The molecule has 0 unspecified atom stereocenters. The van der Waals surface area contributed by atoms with Gasteiger partial charge in [0, 0.05) is 6.54 Å². The van der Waals surface area contributed by atoms with E-state index in [1.807, 2.05) is 0 Å². The lowest BCUT2D eigenvalue weighted by Crippen LogP contribution is -2.74. The molecule has 0 bridgehead atoms. The Balaban J connectivity index is 3.31. The van der Waals surface area contributed by atoms with Crippen LogP contribution in [0.4, 0.5) is 65.9 Å². The quantitative estimate of drug-likeness (QED) is 0.429. The molecule has 18 heteroatoms. The molecule has 196 valence electrons. The van der Waals surface area contributed by atoms with Crippen LogP contribution in [-0.2, 0) is 4.79 Å². The molecule has 34 heavy (non-hydrogen) atoms. The summed E-state index contributed by atoms with van der Waals surface area (Å²) in [6, 6.07) is 6.01. The lowest BCUT2D eigenvalue weighted by Gasteiger charge is -2.41. The Morgan fingerprint density at radius 2 is 1.06 bits per heavy atom. The van der Waals surface area contributed by atoms with Crippen LogP contribution in [0.25, 0.3) is 0 Å². The number of benzene rings is 1. The van der Waals surface area contributed by atoms with Crippen LogP contribution >= 0.6 is 0 Å². The molecule has 0 heterocycles. The Labute approximate surface area is 178 Å². The normalized spacial score (nSPS) is 15.8. The average Bonchev–Trinajstić information content (AvgIpc) is 2.70. The highest BCUT2D eigenvalue weighted by Crippen LogP contribution is 2.62. The second-order valence-electron chi connectivity index (χ2n) is 6.58. The van der Waals surface area contributed by atoms with E-state index in [1.165, 1.54) is 18.2 Å². The van der Waals surface area contributed by atoms with Gasteiger partial charge >= 0.3 is 41.7 Å². The van der Waals surface area contributed by atoms with Crippen molar-refractivity contribution in [3.05, 3.63) is 35.9 Å². The van der Waals surface area contributed by atoms with Crippen molar-refractivity contribution in [3.63, 3.8) is 0 Å². The number of aliphatic hydroxyl groups excluding tert-OH is 1. The molecule has 1 aromatic rings. The molecule has 1 rings (SSSR count). The van der Waals surface area contributed by atoms with E-state index in [2.05, 4.69) is 0 Å². The van der Waals surface area contributed by atoms with Crippen molar-refractivity contribution in [1.82, 2.24) is 5.32 Å². The van der Waals surface area contributed by atoms with Gasteiger partial charge in [0.2, 0.25) is 0 Å². The lowest BCUT2D eigenvalue weighted by atomic mass is 9.91. The predicted molar refractivity (Wildman–Crippen MR) is 80.1 cm³/mol. The van der Waals surface area contributed by atoms with E-state index >= 15 is 0 Å². The number of carbonyl (C=O) groups excluding carboxylic acids is 1. The van der Waals surface area contributed by atoms with Gasteiger partial charge in [-0.15, -0.1) is 0 Å². The summed E-state index contributed by atoms with van der Waals surface area (Å²) in [5.74, 6) is -51.9. The van der Waals surface area contributed by atoms with Crippen LogP contribution < -0.4 is 5.32 Å². The van der Waals surface area contributed by atoms with Crippen molar-refractivity contribution >= 4 is 5.91 Å². The molecule has 0 saturated heterocycles. The topological polar surface area (TPSA) is 49.3 Å². The summed E-state index contributed by atoms with van der Waals surface area (Å²) in [6.07, 6.45) is -9.69. The maximum Gasteiger partial charge on any atom is 0.460 e. The van der Waals surface area contributed by atoms with E-state index in [0.29, 0.717) is 0 Å². The first-order valence-electron chi connectivity index (χ1n) is 8.26. The van der Waals surface area contributed by atoms with Crippen molar-refractivity contribution in [2.24, 2.45) is 0 Å². The van der Waals surface area contributed by atoms with Gasteiger partial charge in [0.1, 0.15) is 0 Å². The fourth-order valence-corrected chi connectivity index (χ4v) is 2.20. The molecule has 1 aromatic carbocycles. The first-order chi connectivity index (χ1) is 14.9. The highest BCUT2D eigenvalue weighted by molar-refractivity contribution is 5.84. The maximum atomic E-state index is 13.7. The number of hydrogen-bond acceptors (Lipinski definition) is 2. The smallest absolute Gasteiger partial charge is 0.387 e. The van der Waals surface area contributed by atoms with Gasteiger partial charge < -0.3 is 10.4 Å². The summed E-state index contributed by atoms with van der Waals surface area (Å²) < 4.78 is 196. The largest absolute Gasteiger partial charge is 0.460 e. The predicted octanol–water partition coefficient (Wildman–Crippen LogP) is 5.21. The van der Waals surface area contributed by atoms with Gasteiger partial charge in [0.25, 0.3) is 5.91 Å². The molecule has 0 aliphatic rings. The Bertz CT molecular complexity index is 867. The number of rotatable bonds is 9. The van der Waals surface area contributed by atoms with Gasteiger partial charge in [-0.3, -0.25) is 4.79 Å². The molecule has 0 radical (unpaired) electrons. The zero-order chi connectivity index (χ0) is 27.2. The van der Waals surface area contributed by atoms with Gasteiger partial charge in [-0.1, -0.05) is 30.3 Å². The number of carbonyl (C=O) groups is 1. The highest BCUT2D eigenvalue weighted by atomic mass is 19.4. The van der Waals surface area contributed by atoms with Crippen molar-refractivity contribution in [2.45, 2.75) is 47.8 Å². The SMILES string of the molecule is O=C(NC[C@@H](O)c1ccccc1)C(F)(F)C(F)(F)C(F)(F)C(F)(F)C(F)(F)C(F)(F)C(F)(F)F. The second kappa shape index (κ2) is 8.67. The van der Waals surface area contributed by atoms with Gasteiger partial charge in [-0.05, 0) is 5.56 Å². The van der Waals surface area contributed by atoms with Crippen molar-refractivity contribution in [3.8, 4) is 0 Å². The molecule has 0 aliphatic carbocycles. The first-order valence-corrected chi connectivity index (χ1v) is 8.26. The molecule has 0 fully saturated rings. The van der Waals surface area contributed by atoms with Gasteiger partial charge in [0.05, 0.1) is 6.10 Å². The van der Waals surface area contributed by atoms with Crippen LogP contribution in [0.1, 0.15) is 11.7 Å². The first kappa shape index (κ1) is 29.6. The molecule has 0 saturated carbocycles. The summed E-state index contributed by atoms with van der Waals surface area (Å²) in [6.45, 7) is -1.46. The Hall–Kier alpha value is -2.40. The molecular weight excluding hydrogens is 523 g/mol. The number of nitrogens with one attached hydrogen (secondary N) is 1. The van der Waals surface area contributed by atoms with Gasteiger partial charge in [-0.2, -0.15) is 65.9 Å². The third kappa shape index (κ3) is 4.35. The molecule has 1 atom stereocenters. The number of alkyl halides is 15. The van der Waals surface area contributed by atoms with E-state index in [1.54, 1.807) is 0 Å². The summed E-state index contributed by atoms with van der Waals surface area (Å²) in [5.41, 5.74) is -0.177. The Morgan fingerprint density at radius 1 is 0.676 bits per heavy atom. The summed E-state index contributed by atoms with van der Waals surface area (Å²) >= 11 is 0. The van der Waals surface area contributed by atoms with Gasteiger partial charge in [0.15, 0.2) is 0 Å². The number of aliphatic hydroxyl groups is 1. The van der Waals surface area contributed by atoms with Crippen molar-refractivity contribution in [1.29, 1.82) is 0 Å². The molecule has 0 spiro atoms. The second-order valence-corrected chi connectivity index (χ2v) is 6.58. The minimum atomic E-state index is -8.48. The molecule has 0 aromatic heterocycles. The van der Waals surface area contributed by atoms with E-state index in [-0.39, 0.29) is 5.56 Å². The number of hydrogen-bond donors (Lipinski definition) is 2. The molecular formula is C16H10F15NO2. The van der Waals surface area contributed by atoms with Crippen molar-refractivity contribution in [2.75, 3.05) is 6.54 Å². The molecule has 2 N–H and O–H groups in total. The summed E-state index contributed by atoms with van der Waals surface area (Å²) in [5, 5.41) is 10.3. The van der Waals surface area contributed by atoms with E-state index in [9.17, 15) is 75.8 Å². The minimum Gasteiger partial charge on any atom is -0.387 e. The third-order valence-electron chi connectivity index (χ3n) is 4.25. The molecule has 0 aliphatic heterocycles. The molecule has 3 nitrogen and oxygen atoms in total. The Morgan fingerprint density at radius 3 is 1.47 bits per heavy atom. The lowest BCUT2D eigenvalue weighted by molar-refractivity contribution is -0.449. The van der Waals surface area contributed by atoms with Crippen LogP contribution in [0, 0.1) is 0 Å². The number of halogens is 15. The molecule has 1 amide bonds. The van der Waals surface area contributed by atoms with Crippen LogP contribution in [0.15, 0.2) is 30.3 Å². The Kier molecular flexibility index (Phi) is 7.56. The van der Waals surface area contributed by atoms with Crippen LogP contribution in [0.5, 0.6) is 0 Å². The zero-order valence-electron chi connectivity index (χ0n) is 15.7. The zero-order valence-corrected chi connectivity index (χ0v) is 15.7. The maximum absolute atomic E-state index is 13.7.